The molecule has 0 radical (unpaired) electrons. The monoisotopic (exact) mass is 359 g/mol. The Morgan fingerprint density at radius 1 is 1.23 bits per heavy atom. The van der Waals surface area contributed by atoms with E-state index < -0.39 is 6.10 Å². The van der Waals surface area contributed by atoms with Crippen LogP contribution in [0.2, 0.25) is 0 Å². The number of rotatable bonds is 4. The van der Waals surface area contributed by atoms with Crippen LogP contribution in [0.5, 0.6) is 11.5 Å². The summed E-state index contributed by atoms with van der Waals surface area (Å²) in [5.41, 5.74) is 2.19. The maximum Gasteiger partial charge on any atom is 0.231 e. The molecular formula is C18H21N3O5. The van der Waals surface area contributed by atoms with Gasteiger partial charge in [0.15, 0.2) is 11.5 Å². The molecule has 2 N–H and O–H groups in total. The van der Waals surface area contributed by atoms with E-state index in [1.807, 2.05) is 22.9 Å². The van der Waals surface area contributed by atoms with Gasteiger partial charge >= 0.3 is 0 Å². The third kappa shape index (κ3) is 3.25. The summed E-state index contributed by atoms with van der Waals surface area (Å²) in [4.78, 5) is 14.6. The summed E-state index contributed by atoms with van der Waals surface area (Å²) in [7, 11) is 0. The van der Waals surface area contributed by atoms with Gasteiger partial charge in [-0.15, -0.1) is 0 Å². The normalized spacial score (nSPS) is 16.9. The number of hydrogen-bond acceptors (Lipinski definition) is 6. The van der Waals surface area contributed by atoms with Crippen LogP contribution >= 0.6 is 0 Å². The summed E-state index contributed by atoms with van der Waals surface area (Å²) in [5.74, 6) is 1.41. The number of carbonyl (C=O) groups excluding carboxylic acids is 1. The summed E-state index contributed by atoms with van der Waals surface area (Å²) in [5, 5.41) is 23.2. The lowest BCUT2D eigenvalue weighted by Crippen LogP contribution is -2.32. The number of aryl methyl sites for hydroxylation is 1. The van der Waals surface area contributed by atoms with Crippen molar-refractivity contribution in [2.24, 2.45) is 0 Å². The van der Waals surface area contributed by atoms with Crippen LogP contribution in [0.1, 0.15) is 29.5 Å². The molecule has 0 saturated carbocycles. The molecule has 4 rings (SSSR count). The van der Waals surface area contributed by atoms with Gasteiger partial charge in [-0.1, -0.05) is 6.07 Å². The topological polar surface area (TPSA) is 97.1 Å². The van der Waals surface area contributed by atoms with E-state index in [0.717, 1.165) is 17.7 Å². The zero-order chi connectivity index (χ0) is 18.1. The molecule has 8 nitrogen and oxygen atoms in total. The summed E-state index contributed by atoms with van der Waals surface area (Å²) >= 11 is 0. The quantitative estimate of drug-likeness (QED) is 0.830. The van der Waals surface area contributed by atoms with Crippen LogP contribution in [-0.2, 0) is 24.3 Å². The van der Waals surface area contributed by atoms with E-state index in [-0.39, 0.29) is 25.7 Å². The molecule has 0 aliphatic carbocycles. The number of fused-ring (bicyclic) bond motifs is 2. The van der Waals surface area contributed by atoms with Gasteiger partial charge in [-0.05, 0) is 30.2 Å². The Labute approximate surface area is 150 Å². The standard InChI is InChI=1S/C18H21N3O5/c22-10-15(23)14-8-13-9-20(4-1-5-21(13)19-14)18(24)7-12-2-3-16-17(6-12)26-11-25-16/h2-3,6,8,15,22-23H,1,4-5,7,9-11H2. The molecule has 1 amide bonds. The van der Waals surface area contributed by atoms with Crippen molar-refractivity contribution in [1.29, 1.82) is 0 Å². The molecule has 0 bridgehead atoms. The zero-order valence-corrected chi connectivity index (χ0v) is 14.3. The van der Waals surface area contributed by atoms with Crippen LogP contribution in [0.3, 0.4) is 0 Å². The highest BCUT2D eigenvalue weighted by Crippen LogP contribution is 2.32. The fraction of sp³-hybridized carbons (Fsp3) is 0.444. The second-order valence-corrected chi connectivity index (χ2v) is 6.52. The molecule has 2 aliphatic rings. The lowest BCUT2D eigenvalue weighted by molar-refractivity contribution is -0.131. The predicted octanol–water partition coefficient (Wildman–Crippen LogP) is 0.612. The minimum atomic E-state index is -0.993. The first-order valence-corrected chi connectivity index (χ1v) is 8.66. The van der Waals surface area contributed by atoms with Crippen molar-refractivity contribution >= 4 is 5.91 Å². The summed E-state index contributed by atoms with van der Waals surface area (Å²) in [6, 6.07) is 7.30. The zero-order valence-electron chi connectivity index (χ0n) is 14.3. The SMILES string of the molecule is O=C(Cc1ccc2c(c1)OCO2)N1CCCn2nc(C(O)CO)cc2C1. The summed E-state index contributed by atoms with van der Waals surface area (Å²) in [6.07, 6.45) is 0.0832. The Morgan fingerprint density at radius 3 is 2.92 bits per heavy atom. The highest BCUT2D eigenvalue weighted by atomic mass is 16.7. The number of hydrogen-bond donors (Lipinski definition) is 2. The number of aliphatic hydroxyl groups excluding tert-OH is 2. The van der Waals surface area contributed by atoms with Gasteiger partial charge in [-0.2, -0.15) is 5.10 Å². The van der Waals surface area contributed by atoms with E-state index in [1.54, 1.807) is 11.0 Å². The van der Waals surface area contributed by atoms with E-state index in [9.17, 15) is 9.90 Å². The number of aromatic nitrogens is 2. The minimum absolute atomic E-state index is 0.0303. The van der Waals surface area contributed by atoms with Gasteiger partial charge in [0, 0.05) is 13.1 Å². The Hall–Kier alpha value is -2.58. The number of nitrogens with zero attached hydrogens (tertiary/aromatic N) is 3. The lowest BCUT2D eigenvalue weighted by atomic mass is 10.1. The van der Waals surface area contributed by atoms with E-state index in [4.69, 9.17) is 14.6 Å². The van der Waals surface area contributed by atoms with Crippen molar-refractivity contribution in [3.8, 4) is 11.5 Å². The van der Waals surface area contributed by atoms with Crippen LogP contribution in [0.15, 0.2) is 24.3 Å². The van der Waals surface area contributed by atoms with Crippen molar-refractivity contribution in [3.63, 3.8) is 0 Å². The first-order valence-electron chi connectivity index (χ1n) is 8.66. The first-order chi connectivity index (χ1) is 12.6. The van der Waals surface area contributed by atoms with Gasteiger partial charge in [0.1, 0.15) is 6.10 Å². The van der Waals surface area contributed by atoms with Crippen LogP contribution in [-0.4, -0.2) is 50.7 Å². The summed E-state index contributed by atoms with van der Waals surface area (Å²) in [6.45, 7) is 1.62. The molecule has 2 aromatic rings. The Kier molecular flexibility index (Phi) is 4.52. The van der Waals surface area contributed by atoms with E-state index in [0.29, 0.717) is 36.8 Å². The highest BCUT2D eigenvalue weighted by molar-refractivity contribution is 5.79. The average Bonchev–Trinajstić information content (AvgIpc) is 3.22. The van der Waals surface area contributed by atoms with Gasteiger partial charge in [-0.25, -0.2) is 0 Å². The lowest BCUT2D eigenvalue weighted by Gasteiger charge is -2.20. The van der Waals surface area contributed by atoms with Crippen molar-refractivity contribution in [2.75, 3.05) is 19.9 Å². The molecule has 0 saturated heterocycles. The molecule has 1 aromatic heterocycles. The molecule has 1 atom stereocenters. The minimum Gasteiger partial charge on any atom is -0.454 e. The molecule has 138 valence electrons. The molecule has 0 fully saturated rings. The molecule has 1 aromatic carbocycles. The molecular weight excluding hydrogens is 338 g/mol. The van der Waals surface area contributed by atoms with Crippen molar-refractivity contribution in [3.05, 3.63) is 41.2 Å². The fourth-order valence-corrected chi connectivity index (χ4v) is 3.29. The third-order valence-electron chi connectivity index (χ3n) is 4.69. The van der Waals surface area contributed by atoms with Crippen LogP contribution in [0.4, 0.5) is 0 Å². The molecule has 26 heavy (non-hydrogen) atoms. The molecule has 2 aliphatic heterocycles. The van der Waals surface area contributed by atoms with Gasteiger partial charge < -0.3 is 24.6 Å². The van der Waals surface area contributed by atoms with Crippen molar-refractivity contribution in [2.45, 2.75) is 32.0 Å². The maximum absolute atomic E-state index is 12.8. The second-order valence-electron chi connectivity index (χ2n) is 6.52. The Bertz CT molecular complexity index is 819. The van der Waals surface area contributed by atoms with Crippen molar-refractivity contribution < 1.29 is 24.5 Å². The Balaban J connectivity index is 1.47. The van der Waals surface area contributed by atoms with Crippen molar-refractivity contribution in [1.82, 2.24) is 14.7 Å². The number of amides is 1. The molecule has 1 unspecified atom stereocenters. The molecule has 0 spiro atoms. The fourth-order valence-electron chi connectivity index (χ4n) is 3.29. The number of carbonyl (C=O) groups is 1. The number of ether oxygens (including phenoxy) is 2. The second kappa shape index (κ2) is 6.97. The Morgan fingerprint density at radius 2 is 2.08 bits per heavy atom. The number of aliphatic hydroxyl groups is 2. The highest BCUT2D eigenvalue weighted by Gasteiger charge is 2.23. The van der Waals surface area contributed by atoms with Gasteiger partial charge in [-0.3, -0.25) is 9.48 Å². The smallest absolute Gasteiger partial charge is 0.231 e. The van der Waals surface area contributed by atoms with E-state index in [1.165, 1.54) is 0 Å². The first kappa shape index (κ1) is 16.9. The van der Waals surface area contributed by atoms with Gasteiger partial charge in [0.25, 0.3) is 0 Å². The van der Waals surface area contributed by atoms with Crippen LogP contribution in [0, 0.1) is 0 Å². The summed E-state index contributed by atoms with van der Waals surface area (Å²) < 4.78 is 12.5. The predicted molar refractivity (Wildman–Crippen MR) is 90.6 cm³/mol. The third-order valence-corrected chi connectivity index (χ3v) is 4.69. The number of benzene rings is 1. The van der Waals surface area contributed by atoms with Crippen LogP contribution < -0.4 is 9.47 Å². The van der Waals surface area contributed by atoms with Gasteiger partial charge in [0.05, 0.1) is 31.0 Å². The maximum atomic E-state index is 12.8. The van der Waals surface area contributed by atoms with Gasteiger partial charge in [0.2, 0.25) is 12.7 Å². The van der Waals surface area contributed by atoms with Crippen LogP contribution in [0.25, 0.3) is 0 Å². The molecule has 8 heteroatoms. The van der Waals surface area contributed by atoms with E-state index >= 15 is 0 Å². The average molecular weight is 359 g/mol. The largest absolute Gasteiger partial charge is 0.454 e. The van der Waals surface area contributed by atoms with E-state index in [2.05, 4.69) is 5.10 Å². The molecule has 3 heterocycles.